The van der Waals surface area contributed by atoms with Gasteiger partial charge in [-0.25, -0.2) is 0 Å². The van der Waals surface area contributed by atoms with Crippen molar-refractivity contribution in [1.82, 2.24) is 5.32 Å². The first-order valence-electron chi connectivity index (χ1n) is 7.95. The van der Waals surface area contributed by atoms with E-state index in [4.69, 9.17) is 14.2 Å². The maximum atomic E-state index is 12.4. The van der Waals surface area contributed by atoms with Crippen LogP contribution in [0.15, 0.2) is 42.5 Å². The number of nitrogens with zero attached hydrogens (tertiary/aromatic N) is 1. The number of carbonyl (C=O) groups excluding carboxylic acids is 1. The molecule has 0 aliphatic carbocycles. The predicted octanol–water partition coefficient (Wildman–Crippen LogP) is 2.58. The lowest BCUT2D eigenvalue weighted by atomic mass is 10.1. The zero-order valence-corrected chi connectivity index (χ0v) is 15.0. The molecular formula is C19H24N2O4. The summed E-state index contributed by atoms with van der Waals surface area (Å²) < 4.78 is 15.7. The maximum absolute atomic E-state index is 12.4. The van der Waals surface area contributed by atoms with Gasteiger partial charge in [0, 0.05) is 25.8 Å². The van der Waals surface area contributed by atoms with Crippen LogP contribution in [0.25, 0.3) is 0 Å². The Morgan fingerprint density at radius 3 is 2.32 bits per heavy atom. The molecule has 1 amide bonds. The van der Waals surface area contributed by atoms with Crippen LogP contribution in [-0.2, 0) is 0 Å². The van der Waals surface area contributed by atoms with Gasteiger partial charge in [0.05, 0.1) is 26.9 Å². The molecule has 2 rings (SSSR count). The largest absolute Gasteiger partial charge is 0.497 e. The Kier molecular flexibility index (Phi) is 6.51. The Balaban J connectivity index is 1.94. The van der Waals surface area contributed by atoms with Crippen molar-refractivity contribution in [1.29, 1.82) is 0 Å². The second-order valence-corrected chi connectivity index (χ2v) is 5.42. The smallest absolute Gasteiger partial charge is 0.255 e. The lowest BCUT2D eigenvalue weighted by molar-refractivity contribution is 0.0951. The van der Waals surface area contributed by atoms with E-state index < -0.39 is 0 Å². The van der Waals surface area contributed by atoms with Crippen molar-refractivity contribution in [3.8, 4) is 17.2 Å². The molecule has 0 atom stereocenters. The number of amides is 1. The number of ether oxygens (including phenoxy) is 3. The van der Waals surface area contributed by atoms with Crippen LogP contribution in [0.2, 0.25) is 0 Å². The van der Waals surface area contributed by atoms with Gasteiger partial charge < -0.3 is 24.4 Å². The molecule has 2 aromatic rings. The van der Waals surface area contributed by atoms with Gasteiger partial charge in [-0.1, -0.05) is 6.07 Å². The minimum Gasteiger partial charge on any atom is -0.497 e. The average Bonchev–Trinajstić information content (AvgIpc) is 2.66. The minimum absolute atomic E-state index is 0.195. The van der Waals surface area contributed by atoms with E-state index >= 15 is 0 Å². The summed E-state index contributed by atoms with van der Waals surface area (Å²) in [7, 11) is 6.68. The van der Waals surface area contributed by atoms with Gasteiger partial charge in [-0.3, -0.25) is 4.79 Å². The molecule has 0 bridgehead atoms. The number of para-hydroxylation sites is 1. The zero-order valence-electron chi connectivity index (χ0n) is 15.0. The molecule has 0 aliphatic rings. The zero-order chi connectivity index (χ0) is 18.2. The fraction of sp³-hybridized carbons (Fsp3) is 0.316. The molecule has 0 radical (unpaired) electrons. The highest BCUT2D eigenvalue weighted by Crippen LogP contribution is 2.30. The number of methoxy groups -OCH3 is 3. The molecule has 0 aromatic heterocycles. The number of likely N-dealkylation sites (N-methyl/N-ethyl adjacent to an activating group) is 1. The van der Waals surface area contributed by atoms with E-state index in [0.717, 1.165) is 11.4 Å². The standard InChI is InChI=1S/C19H24N2O4/c1-21(14-8-10-15(23-2)11-9-14)13-12-20-19(22)16-6-5-7-17(24-3)18(16)25-4/h5-11H,12-13H2,1-4H3,(H,20,22). The number of benzene rings is 2. The Morgan fingerprint density at radius 1 is 1.00 bits per heavy atom. The molecule has 2 aromatic carbocycles. The highest BCUT2D eigenvalue weighted by molar-refractivity contribution is 5.97. The first-order valence-corrected chi connectivity index (χ1v) is 7.95. The van der Waals surface area contributed by atoms with Crippen LogP contribution in [0.1, 0.15) is 10.4 Å². The van der Waals surface area contributed by atoms with Gasteiger partial charge >= 0.3 is 0 Å². The topological polar surface area (TPSA) is 60.0 Å². The molecule has 0 saturated heterocycles. The number of carbonyl (C=O) groups is 1. The van der Waals surface area contributed by atoms with Crippen LogP contribution in [-0.4, -0.2) is 47.4 Å². The number of rotatable bonds is 8. The third-order valence-electron chi connectivity index (χ3n) is 3.89. The summed E-state index contributed by atoms with van der Waals surface area (Å²) in [5, 5.41) is 2.91. The highest BCUT2D eigenvalue weighted by atomic mass is 16.5. The van der Waals surface area contributed by atoms with E-state index in [-0.39, 0.29) is 5.91 Å². The average molecular weight is 344 g/mol. The SMILES string of the molecule is COc1ccc(N(C)CCNC(=O)c2cccc(OC)c2OC)cc1. The van der Waals surface area contributed by atoms with Crippen LogP contribution in [0.3, 0.4) is 0 Å². The molecule has 1 N–H and O–H groups in total. The molecule has 0 saturated carbocycles. The van der Waals surface area contributed by atoms with Crippen molar-refractivity contribution in [3.63, 3.8) is 0 Å². The van der Waals surface area contributed by atoms with Gasteiger partial charge in [-0.05, 0) is 36.4 Å². The molecule has 0 spiro atoms. The van der Waals surface area contributed by atoms with Gasteiger partial charge in [0.1, 0.15) is 5.75 Å². The van der Waals surface area contributed by atoms with E-state index in [1.807, 2.05) is 31.3 Å². The second kappa shape index (κ2) is 8.82. The quantitative estimate of drug-likeness (QED) is 0.798. The van der Waals surface area contributed by atoms with Crippen molar-refractivity contribution in [2.45, 2.75) is 0 Å². The van der Waals surface area contributed by atoms with E-state index in [2.05, 4.69) is 10.2 Å². The van der Waals surface area contributed by atoms with Crippen molar-refractivity contribution < 1.29 is 19.0 Å². The summed E-state index contributed by atoms with van der Waals surface area (Å²) in [4.78, 5) is 14.5. The monoisotopic (exact) mass is 344 g/mol. The first kappa shape index (κ1) is 18.4. The van der Waals surface area contributed by atoms with E-state index in [1.54, 1.807) is 32.4 Å². The van der Waals surface area contributed by atoms with Gasteiger partial charge in [-0.15, -0.1) is 0 Å². The number of nitrogens with one attached hydrogen (secondary N) is 1. The van der Waals surface area contributed by atoms with Crippen molar-refractivity contribution in [2.24, 2.45) is 0 Å². The maximum Gasteiger partial charge on any atom is 0.255 e. The summed E-state index contributed by atoms with van der Waals surface area (Å²) in [5.41, 5.74) is 1.50. The lowest BCUT2D eigenvalue weighted by Crippen LogP contribution is -2.33. The van der Waals surface area contributed by atoms with Crippen molar-refractivity contribution in [2.75, 3.05) is 46.4 Å². The molecule has 0 aliphatic heterocycles. The molecule has 25 heavy (non-hydrogen) atoms. The first-order chi connectivity index (χ1) is 12.1. The summed E-state index contributed by atoms with van der Waals surface area (Å²) in [6, 6.07) is 13.0. The molecule has 6 heteroatoms. The van der Waals surface area contributed by atoms with Gasteiger partial charge in [0.25, 0.3) is 5.91 Å². The Morgan fingerprint density at radius 2 is 1.72 bits per heavy atom. The summed E-state index contributed by atoms with van der Waals surface area (Å²) in [6.07, 6.45) is 0. The number of hydrogen-bond donors (Lipinski definition) is 1. The molecule has 0 heterocycles. The molecule has 134 valence electrons. The number of anilines is 1. The normalized spacial score (nSPS) is 10.1. The Labute approximate surface area is 148 Å². The Hall–Kier alpha value is -2.89. The van der Waals surface area contributed by atoms with Gasteiger partial charge in [0.2, 0.25) is 0 Å². The third-order valence-corrected chi connectivity index (χ3v) is 3.89. The van der Waals surface area contributed by atoms with E-state index in [9.17, 15) is 4.79 Å². The van der Waals surface area contributed by atoms with Crippen molar-refractivity contribution >= 4 is 11.6 Å². The fourth-order valence-corrected chi connectivity index (χ4v) is 2.46. The van der Waals surface area contributed by atoms with Crippen LogP contribution in [0, 0.1) is 0 Å². The number of hydrogen-bond acceptors (Lipinski definition) is 5. The summed E-state index contributed by atoms with van der Waals surface area (Å²) in [5.74, 6) is 1.59. The Bertz CT molecular complexity index is 701. The third kappa shape index (κ3) is 4.56. The van der Waals surface area contributed by atoms with Gasteiger partial charge in [0.15, 0.2) is 11.5 Å². The lowest BCUT2D eigenvalue weighted by Gasteiger charge is -2.20. The van der Waals surface area contributed by atoms with Crippen molar-refractivity contribution in [3.05, 3.63) is 48.0 Å². The fourth-order valence-electron chi connectivity index (χ4n) is 2.46. The van der Waals surface area contributed by atoms with E-state index in [0.29, 0.717) is 30.2 Å². The summed E-state index contributed by atoms with van der Waals surface area (Å²) >= 11 is 0. The molecule has 0 unspecified atom stereocenters. The van der Waals surface area contributed by atoms with Crippen LogP contribution >= 0.6 is 0 Å². The second-order valence-electron chi connectivity index (χ2n) is 5.42. The summed E-state index contributed by atoms with van der Waals surface area (Å²) in [6.45, 7) is 1.17. The van der Waals surface area contributed by atoms with E-state index in [1.165, 1.54) is 7.11 Å². The molecule has 6 nitrogen and oxygen atoms in total. The molecule has 0 fully saturated rings. The molecular weight excluding hydrogens is 320 g/mol. The highest BCUT2D eigenvalue weighted by Gasteiger charge is 2.16. The van der Waals surface area contributed by atoms with Crippen LogP contribution in [0.5, 0.6) is 17.2 Å². The van der Waals surface area contributed by atoms with Crippen LogP contribution in [0.4, 0.5) is 5.69 Å². The van der Waals surface area contributed by atoms with Crippen LogP contribution < -0.4 is 24.4 Å². The van der Waals surface area contributed by atoms with Gasteiger partial charge in [-0.2, -0.15) is 0 Å². The minimum atomic E-state index is -0.195. The predicted molar refractivity (Wildman–Crippen MR) is 98.1 cm³/mol.